The zero-order valence-corrected chi connectivity index (χ0v) is 8.69. The number of rotatable bonds is 1. The first-order chi connectivity index (χ1) is 6.36. The maximum absolute atomic E-state index is 12.9. The van der Waals surface area contributed by atoms with Crippen LogP contribution < -0.4 is 10.2 Å². The lowest BCUT2D eigenvalue weighted by Crippen LogP contribution is -2.43. The van der Waals surface area contributed by atoms with Crippen LogP contribution in [0.1, 0.15) is 0 Å². The van der Waals surface area contributed by atoms with Crippen LogP contribution in [0.3, 0.4) is 0 Å². The van der Waals surface area contributed by atoms with Crippen molar-refractivity contribution >= 4 is 18.1 Å². The third-order valence-electron chi connectivity index (χ3n) is 2.29. The largest absolute Gasteiger partial charge is 0.369 e. The highest BCUT2D eigenvalue weighted by atomic mass is 35.5. The molecule has 1 aliphatic rings. The normalized spacial score (nSPS) is 16.2. The summed E-state index contributed by atoms with van der Waals surface area (Å²) in [5.41, 5.74) is 0.988. The van der Waals surface area contributed by atoms with Crippen LogP contribution in [-0.2, 0) is 0 Å². The standard InChI is InChI=1S/C10H13FN2.ClH/c11-9-2-1-3-10(8-9)13-6-4-12-5-7-13;/h1-3,8,12H,4-7H2;1H. The molecule has 4 heteroatoms. The summed E-state index contributed by atoms with van der Waals surface area (Å²) in [4.78, 5) is 2.19. The molecule has 78 valence electrons. The van der Waals surface area contributed by atoms with Crippen molar-refractivity contribution in [3.05, 3.63) is 30.1 Å². The maximum atomic E-state index is 12.9. The first-order valence-corrected chi connectivity index (χ1v) is 4.57. The van der Waals surface area contributed by atoms with E-state index in [0.717, 1.165) is 31.9 Å². The van der Waals surface area contributed by atoms with Gasteiger partial charge in [-0.15, -0.1) is 12.4 Å². The van der Waals surface area contributed by atoms with Gasteiger partial charge in [-0.05, 0) is 18.2 Å². The third kappa shape index (κ3) is 2.59. The van der Waals surface area contributed by atoms with Gasteiger partial charge >= 0.3 is 0 Å². The summed E-state index contributed by atoms with van der Waals surface area (Å²) in [6, 6.07) is 6.78. The predicted molar refractivity (Wildman–Crippen MR) is 58.7 cm³/mol. The van der Waals surface area contributed by atoms with E-state index in [1.54, 1.807) is 12.1 Å². The molecule has 0 unspecified atom stereocenters. The van der Waals surface area contributed by atoms with E-state index in [1.807, 2.05) is 6.07 Å². The van der Waals surface area contributed by atoms with Crippen molar-refractivity contribution in [1.82, 2.24) is 5.32 Å². The van der Waals surface area contributed by atoms with Gasteiger partial charge < -0.3 is 10.2 Å². The van der Waals surface area contributed by atoms with Crippen molar-refractivity contribution in [3.63, 3.8) is 0 Å². The average molecular weight is 217 g/mol. The summed E-state index contributed by atoms with van der Waals surface area (Å²) in [7, 11) is 0. The van der Waals surface area contributed by atoms with Gasteiger partial charge in [-0.3, -0.25) is 0 Å². The Kier molecular flexibility index (Phi) is 4.17. The van der Waals surface area contributed by atoms with E-state index in [-0.39, 0.29) is 18.2 Å². The third-order valence-corrected chi connectivity index (χ3v) is 2.29. The number of benzene rings is 1. The van der Waals surface area contributed by atoms with E-state index in [1.165, 1.54) is 6.07 Å². The first kappa shape index (κ1) is 11.3. The molecule has 0 aromatic heterocycles. The van der Waals surface area contributed by atoms with Gasteiger partial charge in [-0.1, -0.05) is 6.07 Å². The molecule has 0 atom stereocenters. The van der Waals surface area contributed by atoms with Crippen molar-refractivity contribution < 1.29 is 4.39 Å². The molecule has 2 nitrogen and oxygen atoms in total. The second-order valence-electron chi connectivity index (χ2n) is 3.22. The lowest BCUT2D eigenvalue weighted by molar-refractivity contribution is 0.584. The fraction of sp³-hybridized carbons (Fsp3) is 0.400. The summed E-state index contributed by atoms with van der Waals surface area (Å²) in [5.74, 6) is -0.156. The van der Waals surface area contributed by atoms with Crippen LogP contribution in [0.4, 0.5) is 10.1 Å². The van der Waals surface area contributed by atoms with Gasteiger partial charge in [0.15, 0.2) is 0 Å². The molecule has 1 N–H and O–H groups in total. The predicted octanol–water partition coefficient (Wildman–Crippen LogP) is 1.66. The van der Waals surface area contributed by atoms with Crippen LogP contribution in [0.15, 0.2) is 24.3 Å². The second-order valence-corrected chi connectivity index (χ2v) is 3.22. The van der Waals surface area contributed by atoms with Gasteiger partial charge in [0, 0.05) is 31.9 Å². The molecule has 0 aliphatic carbocycles. The lowest BCUT2D eigenvalue weighted by atomic mass is 10.2. The molecule has 0 spiro atoms. The zero-order valence-electron chi connectivity index (χ0n) is 7.87. The Bertz CT molecular complexity index is 287. The van der Waals surface area contributed by atoms with E-state index >= 15 is 0 Å². The van der Waals surface area contributed by atoms with Gasteiger partial charge in [0.25, 0.3) is 0 Å². The monoisotopic (exact) mass is 216 g/mol. The molecular formula is C10H14ClFN2. The van der Waals surface area contributed by atoms with Gasteiger partial charge in [0.2, 0.25) is 0 Å². The fourth-order valence-corrected chi connectivity index (χ4v) is 1.60. The minimum absolute atomic E-state index is 0. The van der Waals surface area contributed by atoms with E-state index in [0.29, 0.717) is 0 Å². The average Bonchev–Trinajstić information content (AvgIpc) is 2.19. The molecule has 1 aromatic rings. The topological polar surface area (TPSA) is 15.3 Å². The van der Waals surface area contributed by atoms with Crippen molar-refractivity contribution in [3.8, 4) is 0 Å². The fourth-order valence-electron chi connectivity index (χ4n) is 1.60. The number of halogens is 2. The number of piperazine rings is 1. The summed E-state index contributed by atoms with van der Waals surface area (Å²) >= 11 is 0. The van der Waals surface area contributed by atoms with Crippen LogP contribution in [-0.4, -0.2) is 26.2 Å². The molecular weight excluding hydrogens is 203 g/mol. The molecule has 1 heterocycles. The van der Waals surface area contributed by atoms with Crippen LogP contribution in [0.25, 0.3) is 0 Å². The highest BCUT2D eigenvalue weighted by Crippen LogP contribution is 2.15. The lowest BCUT2D eigenvalue weighted by Gasteiger charge is -2.29. The van der Waals surface area contributed by atoms with E-state index in [9.17, 15) is 4.39 Å². The van der Waals surface area contributed by atoms with Crippen LogP contribution in [0.2, 0.25) is 0 Å². The molecule has 0 radical (unpaired) electrons. The Labute approximate surface area is 89.5 Å². The zero-order chi connectivity index (χ0) is 9.10. The van der Waals surface area contributed by atoms with Crippen LogP contribution in [0, 0.1) is 5.82 Å². The quantitative estimate of drug-likeness (QED) is 0.768. The number of nitrogens with one attached hydrogen (secondary N) is 1. The molecule has 2 rings (SSSR count). The Morgan fingerprint density at radius 2 is 1.93 bits per heavy atom. The van der Waals surface area contributed by atoms with Gasteiger partial charge in [-0.25, -0.2) is 4.39 Å². The van der Waals surface area contributed by atoms with Crippen molar-refractivity contribution in [1.29, 1.82) is 0 Å². The molecule has 1 aliphatic heterocycles. The molecule has 1 fully saturated rings. The Morgan fingerprint density at radius 3 is 2.57 bits per heavy atom. The van der Waals surface area contributed by atoms with E-state index in [4.69, 9.17) is 0 Å². The van der Waals surface area contributed by atoms with Gasteiger partial charge in [0.05, 0.1) is 0 Å². The Balaban J connectivity index is 0.000000980. The number of anilines is 1. The van der Waals surface area contributed by atoms with Gasteiger partial charge in [-0.2, -0.15) is 0 Å². The summed E-state index contributed by atoms with van der Waals surface area (Å²) in [5, 5.41) is 3.26. The Hall–Kier alpha value is -0.800. The number of nitrogens with zero attached hydrogens (tertiary/aromatic N) is 1. The maximum Gasteiger partial charge on any atom is 0.125 e. The molecule has 0 amide bonds. The highest BCUT2D eigenvalue weighted by Gasteiger charge is 2.09. The van der Waals surface area contributed by atoms with Crippen LogP contribution >= 0.6 is 12.4 Å². The van der Waals surface area contributed by atoms with E-state index < -0.39 is 0 Å². The summed E-state index contributed by atoms with van der Waals surface area (Å²) in [6.07, 6.45) is 0. The number of hydrogen-bond donors (Lipinski definition) is 1. The molecule has 14 heavy (non-hydrogen) atoms. The molecule has 0 saturated carbocycles. The van der Waals surface area contributed by atoms with Crippen molar-refractivity contribution in [2.45, 2.75) is 0 Å². The Morgan fingerprint density at radius 1 is 1.21 bits per heavy atom. The van der Waals surface area contributed by atoms with Gasteiger partial charge in [0.1, 0.15) is 5.82 Å². The second kappa shape index (κ2) is 5.17. The van der Waals surface area contributed by atoms with Crippen LogP contribution in [0.5, 0.6) is 0 Å². The number of hydrogen-bond acceptors (Lipinski definition) is 2. The first-order valence-electron chi connectivity index (χ1n) is 4.57. The molecule has 1 aromatic carbocycles. The minimum Gasteiger partial charge on any atom is -0.369 e. The van der Waals surface area contributed by atoms with E-state index in [2.05, 4.69) is 10.2 Å². The SMILES string of the molecule is Cl.Fc1cccc(N2CCNCC2)c1. The summed E-state index contributed by atoms with van der Waals surface area (Å²) < 4.78 is 12.9. The minimum atomic E-state index is -0.156. The summed E-state index contributed by atoms with van der Waals surface area (Å²) in [6.45, 7) is 3.89. The van der Waals surface area contributed by atoms with Crippen molar-refractivity contribution in [2.24, 2.45) is 0 Å². The highest BCUT2D eigenvalue weighted by molar-refractivity contribution is 5.85. The smallest absolute Gasteiger partial charge is 0.125 e. The molecule has 0 bridgehead atoms. The van der Waals surface area contributed by atoms with Crippen molar-refractivity contribution in [2.75, 3.05) is 31.1 Å². The molecule has 1 saturated heterocycles.